The molecule has 6 heteroatoms. The number of benzene rings is 1. The van der Waals surface area contributed by atoms with Crippen molar-refractivity contribution in [3.8, 4) is 6.01 Å². The average molecular weight is 362 g/mol. The monoisotopic (exact) mass is 361 g/mol. The number of likely N-dealkylation sites (tertiary alicyclic amines) is 1. The molecule has 0 N–H and O–H groups in total. The molecule has 0 bridgehead atoms. The number of aromatic nitrogens is 2. The highest BCUT2D eigenvalue weighted by molar-refractivity contribution is 9.10. The summed E-state index contributed by atoms with van der Waals surface area (Å²) in [6.07, 6.45) is 5.04. The van der Waals surface area contributed by atoms with Crippen molar-refractivity contribution in [2.45, 2.75) is 18.9 Å². The molecule has 0 aliphatic carbocycles. The van der Waals surface area contributed by atoms with Crippen molar-refractivity contribution in [3.63, 3.8) is 0 Å². The molecule has 0 radical (unpaired) electrons. The molecule has 1 aromatic heterocycles. The first-order chi connectivity index (χ1) is 10.7. The van der Waals surface area contributed by atoms with E-state index in [4.69, 9.17) is 4.74 Å². The molecular formula is C16H16BrN3O2. The number of carbonyl (C=O) groups is 1. The van der Waals surface area contributed by atoms with Gasteiger partial charge in [0.2, 0.25) is 0 Å². The topological polar surface area (TPSA) is 55.3 Å². The highest BCUT2D eigenvalue weighted by atomic mass is 79.9. The third-order valence-electron chi connectivity index (χ3n) is 3.58. The fraction of sp³-hybridized carbons (Fsp3) is 0.312. The van der Waals surface area contributed by atoms with E-state index in [9.17, 15) is 4.79 Å². The Balaban J connectivity index is 1.68. The van der Waals surface area contributed by atoms with Gasteiger partial charge in [0.15, 0.2) is 0 Å². The number of amides is 1. The van der Waals surface area contributed by atoms with Crippen LogP contribution in [0.3, 0.4) is 0 Å². The first-order valence-corrected chi connectivity index (χ1v) is 8.01. The smallest absolute Gasteiger partial charge is 0.316 e. The van der Waals surface area contributed by atoms with Crippen LogP contribution < -0.4 is 4.74 Å². The molecule has 1 atom stereocenters. The highest BCUT2D eigenvalue weighted by Crippen LogP contribution is 2.21. The van der Waals surface area contributed by atoms with Crippen molar-refractivity contribution in [2.75, 3.05) is 13.1 Å². The molecule has 1 fully saturated rings. The number of ether oxygens (including phenoxy) is 1. The van der Waals surface area contributed by atoms with E-state index in [0.717, 1.165) is 23.9 Å². The molecule has 1 aromatic carbocycles. The largest absolute Gasteiger partial charge is 0.458 e. The Bertz CT molecular complexity index is 651. The third kappa shape index (κ3) is 3.44. The summed E-state index contributed by atoms with van der Waals surface area (Å²) >= 11 is 3.43. The normalized spacial score (nSPS) is 18.0. The lowest BCUT2D eigenvalue weighted by Gasteiger charge is -2.32. The van der Waals surface area contributed by atoms with Gasteiger partial charge in [-0.1, -0.05) is 12.1 Å². The number of nitrogens with zero attached hydrogens (tertiary/aromatic N) is 3. The Morgan fingerprint density at radius 3 is 2.77 bits per heavy atom. The molecule has 1 aliphatic rings. The van der Waals surface area contributed by atoms with Gasteiger partial charge < -0.3 is 9.64 Å². The van der Waals surface area contributed by atoms with Gasteiger partial charge in [0.05, 0.1) is 12.1 Å². The Morgan fingerprint density at radius 1 is 1.23 bits per heavy atom. The van der Waals surface area contributed by atoms with Gasteiger partial charge in [-0.3, -0.25) is 4.79 Å². The van der Waals surface area contributed by atoms with Crippen molar-refractivity contribution >= 4 is 21.8 Å². The Kier molecular flexibility index (Phi) is 4.68. The summed E-state index contributed by atoms with van der Waals surface area (Å²) in [7, 11) is 0. The minimum Gasteiger partial charge on any atom is -0.458 e. The molecule has 1 unspecified atom stereocenters. The van der Waals surface area contributed by atoms with Crippen LogP contribution in [0.25, 0.3) is 0 Å². The summed E-state index contributed by atoms with van der Waals surface area (Å²) in [4.78, 5) is 22.6. The lowest BCUT2D eigenvalue weighted by molar-refractivity contribution is 0.0515. The first-order valence-electron chi connectivity index (χ1n) is 7.21. The molecule has 2 heterocycles. The summed E-state index contributed by atoms with van der Waals surface area (Å²) in [6.45, 7) is 1.30. The van der Waals surface area contributed by atoms with Gasteiger partial charge in [0.25, 0.3) is 5.91 Å². The summed E-state index contributed by atoms with van der Waals surface area (Å²) in [5, 5.41) is 0. The summed E-state index contributed by atoms with van der Waals surface area (Å²) in [5.41, 5.74) is 0.680. The lowest BCUT2D eigenvalue weighted by atomic mass is 10.1. The molecule has 22 heavy (non-hydrogen) atoms. The van der Waals surface area contributed by atoms with Gasteiger partial charge in [-0.15, -0.1) is 0 Å². The Morgan fingerprint density at radius 2 is 2.00 bits per heavy atom. The van der Waals surface area contributed by atoms with E-state index in [-0.39, 0.29) is 12.0 Å². The van der Waals surface area contributed by atoms with Crippen LogP contribution in [0.5, 0.6) is 6.01 Å². The van der Waals surface area contributed by atoms with Gasteiger partial charge in [-0.25, -0.2) is 9.97 Å². The van der Waals surface area contributed by atoms with Crippen LogP contribution in [-0.4, -0.2) is 40.0 Å². The van der Waals surface area contributed by atoms with Crippen molar-refractivity contribution < 1.29 is 9.53 Å². The molecule has 114 valence electrons. The SMILES string of the molecule is O=C(c1ccccc1Br)N1CCCC(Oc2ncccn2)C1. The second-order valence-electron chi connectivity index (χ2n) is 5.14. The molecule has 0 saturated carbocycles. The van der Waals surface area contributed by atoms with Crippen LogP contribution in [0.2, 0.25) is 0 Å². The summed E-state index contributed by atoms with van der Waals surface area (Å²) in [6, 6.07) is 9.59. The molecule has 1 aliphatic heterocycles. The minimum absolute atomic E-state index is 0.0229. The fourth-order valence-corrected chi connectivity index (χ4v) is 2.97. The zero-order valence-electron chi connectivity index (χ0n) is 12.0. The number of halogens is 1. The molecule has 0 spiro atoms. The predicted molar refractivity (Wildman–Crippen MR) is 85.7 cm³/mol. The molecule has 3 rings (SSSR count). The van der Waals surface area contributed by atoms with Crippen LogP contribution in [0.1, 0.15) is 23.2 Å². The predicted octanol–water partition coefficient (Wildman–Crippen LogP) is 2.92. The second kappa shape index (κ2) is 6.87. The van der Waals surface area contributed by atoms with Crippen LogP contribution in [0.4, 0.5) is 0 Å². The van der Waals surface area contributed by atoms with Crippen molar-refractivity contribution in [3.05, 3.63) is 52.8 Å². The minimum atomic E-state index is -0.0670. The van der Waals surface area contributed by atoms with E-state index < -0.39 is 0 Å². The number of rotatable bonds is 3. The van der Waals surface area contributed by atoms with Crippen molar-refractivity contribution in [1.82, 2.24) is 14.9 Å². The molecule has 5 nitrogen and oxygen atoms in total. The van der Waals surface area contributed by atoms with E-state index in [1.807, 2.05) is 29.2 Å². The number of hydrogen-bond acceptors (Lipinski definition) is 4. The summed E-state index contributed by atoms with van der Waals surface area (Å²) in [5.74, 6) is 0.0229. The van der Waals surface area contributed by atoms with E-state index in [2.05, 4.69) is 25.9 Å². The molecule has 2 aromatic rings. The van der Waals surface area contributed by atoms with Gasteiger partial charge in [-0.05, 0) is 47.0 Å². The van der Waals surface area contributed by atoms with Gasteiger partial charge in [-0.2, -0.15) is 0 Å². The standard InChI is InChI=1S/C16H16BrN3O2/c17-14-7-2-1-6-13(14)15(21)20-10-3-5-12(11-20)22-16-18-8-4-9-19-16/h1-2,4,6-9,12H,3,5,10-11H2. The third-order valence-corrected chi connectivity index (χ3v) is 4.28. The zero-order chi connectivity index (χ0) is 15.4. The number of piperidine rings is 1. The van der Waals surface area contributed by atoms with E-state index in [0.29, 0.717) is 18.1 Å². The number of carbonyl (C=O) groups excluding carboxylic acids is 1. The summed E-state index contributed by atoms with van der Waals surface area (Å²) < 4.78 is 6.59. The van der Waals surface area contributed by atoms with Crippen LogP contribution in [-0.2, 0) is 0 Å². The maximum Gasteiger partial charge on any atom is 0.316 e. The first kappa shape index (κ1) is 15.0. The van der Waals surface area contributed by atoms with Gasteiger partial charge in [0.1, 0.15) is 6.10 Å². The zero-order valence-corrected chi connectivity index (χ0v) is 13.6. The average Bonchev–Trinajstić information content (AvgIpc) is 2.56. The highest BCUT2D eigenvalue weighted by Gasteiger charge is 2.26. The Labute approximate surface area is 137 Å². The maximum absolute atomic E-state index is 12.6. The van der Waals surface area contributed by atoms with Gasteiger partial charge in [0, 0.05) is 23.4 Å². The lowest BCUT2D eigenvalue weighted by Crippen LogP contribution is -2.44. The fourth-order valence-electron chi connectivity index (χ4n) is 2.52. The maximum atomic E-state index is 12.6. The van der Waals surface area contributed by atoms with Crippen molar-refractivity contribution in [2.24, 2.45) is 0 Å². The van der Waals surface area contributed by atoms with E-state index in [1.54, 1.807) is 18.5 Å². The van der Waals surface area contributed by atoms with Crippen LogP contribution >= 0.6 is 15.9 Å². The molecule has 1 amide bonds. The van der Waals surface area contributed by atoms with Crippen LogP contribution in [0.15, 0.2) is 47.2 Å². The molecule has 1 saturated heterocycles. The quantitative estimate of drug-likeness (QED) is 0.843. The Hall–Kier alpha value is -1.95. The van der Waals surface area contributed by atoms with E-state index in [1.165, 1.54) is 0 Å². The number of hydrogen-bond donors (Lipinski definition) is 0. The van der Waals surface area contributed by atoms with Crippen LogP contribution in [0, 0.1) is 0 Å². The van der Waals surface area contributed by atoms with Gasteiger partial charge >= 0.3 is 6.01 Å². The molecular weight excluding hydrogens is 346 g/mol. The van der Waals surface area contributed by atoms with Crippen molar-refractivity contribution in [1.29, 1.82) is 0 Å². The van der Waals surface area contributed by atoms with E-state index >= 15 is 0 Å². The second-order valence-corrected chi connectivity index (χ2v) is 6.00.